The first-order valence-corrected chi connectivity index (χ1v) is 8.54. The highest BCUT2D eigenvalue weighted by Crippen LogP contribution is 2.13. The summed E-state index contributed by atoms with van der Waals surface area (Å²) in [6.45, 7) is 1.31. The van der Waals surface area contributed by atoms with Crippen molar-refractivity contribution < 1.29 is 14.3 Å². The molecular weight excluding hydrogens is 316 g/mol. The van der Waals surface area contributed by atoms with Crippen molar-refractivity contribution in [3.63, 3.8) is 0 Å². The second kappa shape index (κ2) is 8.44. The number of carbonyl (C=O) groups excluding carboxylic acids is 2. The quantitative estimate of drug-likeness (QED) is 0.851. The molecule has 2 aromatic carbocycles. The van der Waals surface area contributed by atoms with Crippen LogP contribution in [0.25, 0.3) is 0 Å². The molecule has 1 aliphatic rings. The molecule has 0 unspecified atom stereocenters. The number of hydrogen-bond donors (Lipinski definition) is 2. The van der Waals surface area contributed by atoms with Crippen molar-refractivity contribution in [2.75, 3.05) is 18.5 Å². The average Bonchev–Trinajstić information content (AvgIpc) is 3.14. The summed E-state index contributed by atoms with van der Waals surface area (Å²) in [6.07, 6.45) is 2.50. The molecule has 3 rings (SSSR count). The van der Waals surface area contributed by atoms with E-state index in [9.17, 15) is 9.59 Å². The van der Waals surface area contributed by atoms with Crippen LogP contribution in [0.3, 0.4) is 0 Å². The predicted molar refractivity (Wildman–Crippen MR) is 96.5 cm³/mol. The molecule has 0 saturated carbocycles. The molecule has 0 aliphatic carbocycles. The summed E-state index contributed by atoms with van der Waals surface area (Å²) in [5.74, 6) is -0.209. The van der Waals surface area contributed by atoms with Gasteiger partial charge in [0.05, 0.1) is 12.5 Å². The maximum Gasteiger partial charge on any atom is 0.251 e. The van der Waals surface area contributed by atoms with Gasteiger partial charge in [-0.15, -0.1) is 0 Å². The summed E-state index contributed by atoms with van der Waals surface area (Å²) in [4.78, 5) is 24.2. The lowest BCUT2D eigenvalue weighted by molar-refractivity contribution is -0.115. The summed E-state index contributed by atoms with van der Waals surface area (Å²) in [5, 5.41) is 5.73. The molecule has 1 aliphatic heterocycles. The zero-order valence-corrected chi connectivity index (χ0v) is 14.0. The SMILES string of the molecule is O=C(Cc1ccccc1)Nc1ccc(C(=O)NC[C@@H]2CCCO2)cc1. The Morgan fingerprint density at radius 2 is 1.80 bits per heavy atom. The maximum absolute atomic E-state index is 12.1. The maximum atomic E-state index is 12.1. The molecule has 2 N–H and O–H groups in total. The molecule has 1 heterocycles. The monoisotopic (exact) mass is 338 g/mol. The van der Waals surface area contributed by atoms with Gasteiger partial charge >= 0.3 is 0 Å². The Balaban J connectivity index is 1.49. The van der Waals surface area contributed by atoms with E-state index in [1.165, 1.54) is 0 Å². The van der Waals surface area contributed by atoms with Crippen molar-refractivity contribution in [3.05, 3.63) is 65.7 Å². The standard InChI is InChI=1S/C20H22N2O3/c23-19(13-15-5-2-1-3-6-15)22-17-10-8-16(9-11-17)20(24)21-14-18-7-4-12-25-18/h1-3,5-6,8-11,18H,4,7,12-14H2,(H,21,24)(H,22,23)/t18-/m0/s1. The number of carbonyl (C=O) groups is 2. The molecule has 0 spiro atoms. The summed E-state index contributed by atoms with van der Waals surface area (Å²) < 4.78 is 5.49. The van der Waals surface area contributed by atoms with Crippen LogP contribution in [0.2, 0.25) is 0 Å². The van der Waals surface area contributed by atoms with Crippen molar-refractivity contribution in [1.29, 1.82) is 0 Å². The van der Waals surface area contributed by atoms with Gasteiger partial charge in [-0.25, -0.2) is 0 Å². The fraction of sp³-hybridized carbons (Fsp3) is 0.300. The molecule has 0 radical (unpaired) electrons. The predicted octanol–water partition coefficient (Wildman–Crippen LogP) is 2.78. The lowest BCUT2D eigenvalue weighted by Gasteiger charge is -2.11. The zero-order chi connectivity index (χ0) is 17.5. The van der Waals surface area contributed by atoms with E-state index in [1.807, 2.05) is 30.3 Å². The molecule has 1 fully saturated rings. The summed E-state index contributed by atoms with van der Waals surface area (Å²) in [5.41, 5.74) is 2.21. The van der Waals surface area contributed by atoms with Gasteiger partial charge in [0.15, 0.2) is 0 Å². The van der Waals surface area contributed by atoms with E-state index < -0.39 is 0 Å². The number of amides is 2. The minimum atomic E-state index is -0.127. The van der Waals surface area contributed by atoms with Crippen LogP contribution in [0, 0.1) is 0 Å². The largest absolute Gasteiger partial charge is 0.376 e. The Morgan fingerprint density at radius 1 is 1.04 bits per heavy atom. The van der Waals surface area contributed by atoms with E-state index in [0.29, 0.717) is 24.2 Å². The Morgan fingerprint density at radius 3 is 2.48 bits per heavy atom. The third-order valence-corrected chi connectivity index (χ3v) is 4.15. The number of rotatable bonds is 6. The highest BCUT2D eigenvalue weighted by atomic mass is 16.5. The molecule has 0 aromatic heterocycles. The first kappa shape index (κ1) is 17.2. The van der Waals surface area contributed by atoms with Crippen molar-refractivity contribution in [3.8, 4) is 0 Å². The van der Waals surface area contributed by atoms with Crippen molar-refractivity contribution in [1.82, 2.24) is 5.32 Å². The Bertz CT molecular complexity index is 707. The van der Waals surface area contributed by atoms with Gasteiger partial charge < -0.3 is 15.4 Å². The van der Waals surface area contributed by atoms with Crippen LogP contribution in [0.5, 0.6) is 0 Å². The molecule has 5 heteroatoms. The van der Waals surface area contributed by atoms with Gasteiger partial charge in [-0.1, -0.05) is 30.3 Å². The Labute approximate surface area is 147 Å². The Kier molecular flexibility index (Phi) is 5.80. The molecule has 2 aromatic rings. The molecule has 1 saturated heterocycles. The molecule has 25 heavy (non-hydrogen) atoms. The van der Waals surface area contributed by atoms with Crippen LogP contribution in [-0.4, -0.2) is 31.1 Å². The topological polar surface area (TPSA) is 67.4 Å². The number of ether oxygens (including phenoxy) is 1. The number of benzene rings is 2. The molecule has 2 amide bonds. The van der Waals surface area contributed by atoms with Gasteiger partial charge in [-0.05, 0) is 42.7 Å². The number of nitrogens with one attached hydrogen (secondary N) is 2. The van der Waals surface area contributed by atoms with Gasteiger partial charge in [-0.3, -0.25) is 9.59 Å². The lowest BCUT2D eigenvalue weighted by Crippen LogP contribution is -2.31. The summed E-state index contributed by atoms with van der Waals surface area (Å²) in [7, 11) is 0. The molecule has 5 nitrogen and oxygen atoms in total. The molecule has 0 bridgehead atoms. The number of hydrogen-bond acceptors (Lipinski definition) is 3. The minimum absolute atomic E-state index is 0.0817. The number of anilines is 1. The molecule has 1 atom stereocenters. The van der Waals surface area contributed by atoms with Crippen LogP contribution in [-0.2, 0) is 16.0 Å². The first-order valence-electron chi connectivity index (χ1n) is 8.54. The van der Waals surface area contributed by atoms with E-state index in [1.54, 1.807) is 24.3 Å². The van der Waals surface area contributed by atoms with Gasteiger partial charge in [0.1, 0.15) is 0 Å². The van der Waals surface area contributed by atoms with E-state index in [0.717, 1.165) is 25.0 Å². The van der Waals surface area contributed by atoms with Gasteiger partial charge in [0.25, 0.3) is 5.91 Å². The van der Waals surface area contributed by atoms with E-state index in [2.05, 4.69) is 10.6 Å². The smallest absolute Gasteiger partial charge is 0.251 e. The fourth-order valence-electron chi connectivity index (χ4n) is 2.81. The average molecular weight is 338 g/mol. The fourth-order valence-corrected chi connectivity index (χ4v) is 2.81. The minimum Gasteiger partial charge on any atom is -0.376 e. The zero-order valence-electron chi connectivity index (χ0n) is 14.0. The normalized spacial score (nSPS) is 16.4. The van der Waals surface area contributed by atoms with Crippen LogP contribution in [0.1, 0.15) is 28.8 Å². The van der Waals surface area contributed by atoms with Crippen LogP contribution in [0.15, 0.2) is 54.6 Å². The summed E-state index contributed by atoms with van der Waals surface area (Å²) in [6, 6.07) is 16.5. The molecular formula is C20H22N2O3. The highest BCUT2D eigenvalue weighted by molar-refractivity contribution is 5.96. The third kappa shape index (κ3) is 5.16. The van der Waals surface area contributed by atoms with E-state index in [-0.39, 0.29) is 17.9 Å². The van der Waals surface area contributed by atoms with Gasteiger partial charge in [0, 0.05) is 24.4 Å². The van der Waals surface area contributed by atoms with Crippen molar-refractivity contribution in [2.45, 2.75) is 25.4 Å². The summed E-state index contributed by atoms with van der Waals surface area (Å²) >= 11 is 0. The van der Waals surface area contributed by atoms with E-state index >= 15 is 0 Å². The first-order chi connectivity index (χ1) is 12.2. The van der Waals surface area contributed by atoms with Crippen LogP contribution < -0.4 is 10.6 Å². The van der Waals surface area contributed by atoms with Gasteiger partial charge in [-0.2, -0.15) is 0 Å². The Hall–Kier alpha value is -2.66. The van der Waals surface area contributed by atoms with Crippen molar-refractivity contribution in [2.24, 2.45) is 0 Å². The van der Waals surface area contributed by atoms with E-state index in [4.69, 9.17) is 4.74 Å². The van der Waals surface area contributed by atoms with Crippen LogP contribution in [0.4, 0.5) is 5.69 Å². The lowest BCUT2D eigenvalue weighted by atomic mass is 10.1. The second-order valence-corrected chi connectivity index (χ2v) is 6.13. The van der Waals surface area contributed by atoms with Crippen molar-refractivity contribution >= 4 is 17.5 Å². The second-order valence-electron chi connectivity index (χ2n) is 6.13. The van der Waals surface area contributed by atoms with Crippen LogP contribution >= 0.6 is 0 Å². The third-order valence-electron chi connectivity index (χ3n) is 4.15. The van der Waals surface area contributed by atoms with Gasteiger partial charge in [0.2, 0.25) is 5.91 Å². The molecule has 130 valence electrons. The highest BCUT2D eigenvalue weighted by Gasteiger charge is 2.16.